The molecule has 4 aromatic rings. The molecule has 26 heavy (non-hydrogen) atoms. The average Bonchev–Trinajstić information content (AvgIpc) is 3.04. The molecule has 0 amide bonds. The van der Waals surface area contributed by atoms with Crippen LogP contribution in [0.2, 0.25) is 0 Å². The zero-order valence-electron chi connectivity index (χ0n) is 14.0. The summed E-state index contributed by atoms with van der Waals surface area (Å²) >= 11 is 3.45. The van der Waals surface area contributed by atoms with E-state index in [-0.39, 0.29) is 5.75 Å². The predicted molar refractivity (Wildman–Crippen MR) is 107 cm³/mol. The third-order valence-corrected chi connectivity index (χ3v) is 4.46. The van der Waals surface area contributed by atoms with Crippen molar-refractivity contribution in [3.63, 3.8) is 0 Å². The number of aromatic nitrogens is 1. The number of aryl methyl sites for hydroxylation is 1. The number of rotatable bonds is 3. The number of hydrogen-bond donors (Lipinski definition) is 1. The maximum Gasteiger partial charge on any atom is 0.231 e. The van der Waals surface area contributed by atoms with Crippen molar-refractivity contribution in [2.24, 2.45) is 4.99 Å². The Kier molecular flexibility index (Phi) is 4.31. The van der Waals surface area contributed by atoms with Crippen LogP contribution in [-0.4, -0.2) is 16.3 Å². The molecule has 1 aromatic heterocycles. The molecule has 1 heterocycles. The Hall–Kier alpha value is -2.92. The molecule has 0 spiro atoms. The highest BCUT2D eigenvalue weighted by Gasteiger charge is 2.13. The van der Waals surface area contributed by atoms with Gasteiger partial charge in [-0.1, -0.05) is 34.1 Å². The fraction of sp³-hybridized carbons (Fsp3) is 0.0476. The van der Waals surface area contributed by atoms with Gasteiger partial charge in [-0.2, -0.15) is 0 Å². The first-order chi connectivity index (χ1) is 12.6. The zero-order valence-corrected chi connectivity index (χ0v) is 15.6. The van der Waals surface area contributed by atoms with Gasteiger partial charge in [0.1, 0.15) is 11.3 Å². The number of hydrogen-bond acceptors (Lipinski definition) is 4. The summed E-state index contributed by atoms with van der Waals surface area (Å²) in [5.74, 6) is 0.484. The maximum atomic E-state index is 10.2. The normalized spacial score (nSPS) is 11.5. The fourth-order valence-corrected chi connectivity index (χ4v) is 3.08. The maximum absolute atomic E-state index is 10.2. The number of aromatic hydroxyl groups is 1. The molecule has 0 unspecified atom stereocenters. The van der Waals surface area contributed by atoms with Crippen molar-refractivity contribution < 1.29 is 9.52 Å². The second-order valence-electron chi connectivity index (χ2n) is 6.00. The molecule has 0 atom stereocenters. The molecule has 0 aliphatic heterocycles. The Morgan fingerprint density at radius 3 is 2.81 bits per heavy atom. The Balaban J connectivity index is 1.71. The Labute approximate surface area is 159 Å². The van der Waals surface area contributed by atoms with Crippen LogP contribution in [0.3, 0.4) is 0 Å². The molecule has 4 nitrogen and oxygen atoms in total. The van der Waals surface area contributed by atoms with Crippen molar-refractivity contribution >= 4 is 38.9 Å². The van der Waals surface area contributed by atoms with Gasteiger partial charge in [0.05, 0.1) is 11.3 Å². The van der Waals surface area contributed by atoms with Crippen LogP contribution in [0, 0.1) is 6.92 Å². The van der Waals surface area contributed by atoms with Crippen LogP contribution < -0.4 is 0 Å². The molecule has 4 rings (SSSR count). The third-order valence-electron chi connectivity index (χ3n) is 3.96. The lowest BCUT2D eigenvalue weighted by molar-refractivity contribution is 0.474. The van der Waals surface area contributed by atoms with Crippen molar-refractivity contribution in [1.82, 2.24) is 4.98 Å². The number of fused-ring (bicyclic) bond motifs is 1. The molecule has 0 fully saturated rings. The molecular weight excluding hydrogens is 392 g/mol. The van der Waals surface area contributed by atoms with Gasteiger partial charge in [0, 0.05) is 10.7 Å². The molecule has 0 aliphatic rings. The van der Waals surface area contributed by atoms with Crippen LogP contribution in [0.1, 0.15) is 11.1 Å². The van der Waals surface area contributed by atoms with Gasteiger partial charge < -0.3 is 9.52 Å². The minimum atomic E-state index is 0.106. The van der Waals surface area contributed by atoms with Crippen molar-refractivity contribution in [3.8, 4) is 17.2 Å². The van der Waals surface area contributed by atoms with Crippen LogP contribution >= 0.6 is 15.9 Å². The Morgan fingerprint density at radius 1 is 1.08 bits per heavy atom. The third kappa shape index (κ3) is 3.39. The number of halogens is 1. The first-order valence-corrected chi connectivity index (χ1v) is 8.88. The van der Waals surface area contributed by atoms with Crippen molar-refractivity contribution in [2.45, 2.75) is 6.92 Å². The van der Waals surface area contributed by atoms with Crippen molar-refractivity contribution in [1.29, 1.82) is 0 Å². The zero-order chi connectivity index (χ0) is 18.1. The summed E-state index contributed by atoms with van der Waals surface area (Å²) in [4.78, 5) is 8.98. The highest BCUT2D eigenvalue weighted by atomic mass is 79.9. The van der Waals surface area contributed by atoms with Gasteiger partial charge in [-0.05, 0) is 60.5 Å². The number of oxazole rings is 1. The predicted octanol–water partition coefficient (Wildman–Crippen LogP) is 6.02. The van der Waals surface area contributed by atoms with Crippen molar-refractivity contribution in [2.75, 3.05) is 0 Å². The fourth-order valence-electron chi connectivity index (χ4n) is 2.66. The van der Waals surface area contributed by atoms with E-state index in [1.165, 1.54) is 0 Å². The van der Waals surface area contributed by atoms with E-state index in [0.29, 0.717) is 22.7 Å². The van der Waals surface area contributed by atoms with Gasteiger partial charge in [0.15, 0.2) is 5.58 Å². The summed E-state index contributed by atoms with van der Waals surface area (Å²) < 4.78 is 6.79. The molecule has 0 bridgehead atoms. The minimum Gasteiger partial charge on any atom is -0.507 e. The minimum absolute atomic E-state index is 0.106. The van der Waals surface area contributed by atoms with E-state index in [4.69, 9.17) is 4.42 Å². The summed E-state index contributed by atoms with van der Waals surface area (Å²) in [6.45, 7) is 2.00. The van der Waals surface area contributed by atoms with Crippen LogP contribution in [0.5, 0.6) is 5.75 Å². The van der Waals surface area contributed by atoms with E-state index < -0.39 is 0 Å². The largest absolute Gasteiger partial charge is 0.507 e. The van der Waals surface area contributed by atoms with E-state index in [0.717, 1.165) is 21.1 Å². The van der Waals surface area contributed by atoms with Crippen molar-refractivity contribution in [3.05, 3.63) is 76.3 Å². The van der Waals surface area contributed by atoms with Gasteiger partial charge >= 0.3 is 0 Å². The molecule has 1 N–H and O–H groups in total. The van der Waals surface area contributed by atoms with Gasteiger partial charge in [-0.3, -0.25) is 4.99 Å². The lowest BCUT2D eigenvalue weighted by Gasteiger charge is -2.02. The summed E-state index contributed by atoms with van der Waals surface area (Å²) in [7, 11) is 0. The van der Waals surface area contributed by atoms with Crippen LogP contribution in [0.25, 0.3) is 22.6 Å². The smallest absolute Gasteiger partial charge is 0.231 e. The molecule has 0 saturated carbocycles. The van der Waals surface area contributed by atoms with E-state index in [1.54, 1.807) is 24.4 Å². The monoisotopic (exact) mass is 406 g/mol. The standard InChI is InChI=1S/C21H15BrN2O2/c1-13-5-8-20-18(9-13)24-21(26-20)17-11-16(6-7-19(17)25)23-12-14-3-2-4-15(22)10-14/h2-12,25H,1H3. The van der Waals surface area contributed by atoms with Crippen LogP contribution in [0.15, 0.2) is 74.5 Å². The molecule has 0 aliphatic carbocycles. The number of phenolic OH excluding ortho intramolecular Hbond substituents is 1. The molecule has 128 valence electrons. The topological polar surface area (TPSA) is 58.6 Å². The Bertz CT molecular complexity index is 1130. The number of aliphatic imine (C=N–C) groups is 1. The van der Waals surface area contributed by atoms with Crippen LogP contribution in [-0.2, 0) is 0 Å². The molecular formula is C21H15BrN2O2. The molecule has 0 saturated heterocycles. The number of nitrogens with zero attached hydrogens (tertiary/aromatic N) is 2. The van der Waals surface area contributed by atoms with E-state index in [9.17, 15) is 5.11 Å². The SMILES string of the molecule is Cc1ccc2oc(-c3cc(N=Cc4cccc(Br)c4)ccc3O)nc2c1. The number of phenols is 1. The van der Waals surface area contributed by atoms with Crippen LogP contribution in [0.4, 0.5) is 5.69 Å². The molecule has 3 aromatic carbocycles. The van der Waals surface area contributed by atoms with E-state index >= 15 is 0 Å². The van der Waals surface area contributed by atoms with E-state index in [1.807, 2.05) is 49.4 Å². The first-order valence-electron chi connectivity index (χ1n) is 8.09. The highest BCUT2D eigenvalue weighted by Crippen LogP contribution is 2.34. The summed E-state index contributed by atoms with van der Waals surface area (Å²) in [6, 6.07) is 18.8. The number of benzene rings is 3. The second-order valence-corrected chi connectivity index (χ2v) is 6.92. The summed E-state index contributed by atoms with van der Waals surface area (Å²) in [5.41, 5.74) is 4.76. The van der Waals surface area contributed by atoms with Gasteiger partial charge in [0.2, 0.25) is 5.89 Å². The lowest BCUT2D eigenvalue weighted by Crippen LogP contribution is -1.82. The van der Waals surface area contributed by atoms with Gasteiger partial charge in [-0.25, -0.2) is 4.98 Å². The molecule has 5 heteroatoms. The summed E-state index contributed by atoms with van der Waals surface area (Å²) in [5, 5.41) is 10.2. The lowest BCUT2D eigenvalue weighted by atomic mass is 10.1. The quantitative estimate of drug-likeness (QED) is 0.423. The first kappa shape index (κ1) is 16.5. The molecule has 0 radical (unpaired) electrons. The van der Waals surface area contributed by atoms with E-state index in [2.05, 4.69) is 25.9 Å². The van der Waals surface area contributed by atoms with Gasteiger partial charge in [0.25, 0.3) is 0 Å². The summed E-state index contributed by atoms with van der Waals surface area (Å²) in [6.07, 6.45) is 1.77. The highest BCUT2D eigenvalue weighted by molar-refractivity contribution is 9.10. The van der Waals surface area contributed by atoms with Gasteiger partial charge in [-0.15, -0.1) is 0 Å². The second kappa shape index (κ2) is 6.77. The average molecular weight is 407 g/mol. The Morgan fingerprint density at radius 2 is 1.96 bits per heavy atom.